The van der Waals surface area contributed by atoms with Crippen LogP contribution in [-0.2, 0) is 17.9 Å². The van der Waals surface area contributed by atoms with Gasteiger partial charge in [0.25, 0.3) is 0 Å². The second-order valence-electron chi connectivity index (χ2n) is 9.80. The molecule has 4 rings (SSSR count). The van der Waals surface area contributed by atoms with Crippen molar-refractivity contribution in [3.63, 3.8) is 0 Å². The van der Waals surface area contributed by atoms with E-state index in [1.807, 2.05) is 0 Å². The zero-order chi connectivity index (χ0) is 19.9. The number of halogens is 1. The number of aromatic nitrogens is 2. The van der Waals surface area contributed by atoms with Crippen LogP contribution < -0.4 is 4.74 Å². The Morgan fingerprint density at radius 2 is 2.07 bits per heavy atom. The molecule has 3 unspecified atom stereocenters. The molecule has 1 aromatic carbocycles. The van der Waals surface area contributed by atoms with Gasteiger partial charge in [-0.05, 0) is 68.0 Å². The molecule has 4 nitrogen and oxygen atoms in total. The summed E-state index contributed by atoms with van der Waals surface area (Å²) in [5.41, 5.74) is 1.46. The van der Waals surface area contributed by atoms with E-state index in [9.17, 15) is 4.39 Å². The fraction of sp³-hybridized carbons (Fsp3) is 0.682. The van der Waals surface area contributed by atoms with Crippen LogP contribution in [0.2, 0.25) is 25.7 Å². The molecule has 2 aromatic rings. The summed E-state index contributed by atoms with van der Waals surface area (Å²) in [7, 11) is 0.494. The fourth-order valence-corrected chi connectivity index (χ4v) is 5.55. The molecular weight excluding hydrogens is 371 g/mol. The highest BCUT2D eigenvalue weighted by molar-refractivity contribution is 6.76. The first-order valence-electron chi connectivity index (χ1n) is 10.7. The maximum Gasteiger partial charge on any atom is 0.149 e. The number of hydrogen-bond acceptors (Lipinski definition) is 3. The summed E-state index contributed by atoms with van der Waals surface area (Å²) < 4.78 is 27.8. The van der Waals surface area contributed by atoms with Crippen LogP contribution in [0, 0.1) is 23.6 Å². The quantitative estimate of drug-likeness (QED) is 0.410. The van der Waals surface area contributed by atoms with E-state index in [1.54, 1.807) is 17.9 Å². The maximum atomic E-state index is 14.7. The fourth-order valence-electron chi connectivity index (χ4n) is 4.80. The summed E-state index contributed by atoms with van der Waals surface area (Å²) in [6, 6.07) is 4.28. The zero-order valence-electron chi connectivity index (χ0n) is 17.6. The Bertz CT molecular complexity index is 845. The van der Waals surface area contributed by atoms with Crippen molar-refractivity contribution in [2.45, 2.75) is 64.5 Å². The Labute approximate surface area is 168 Å². The summed E-state index contributed by atoms with van der Waals surface area (Å²) >= 11 is 0. The molecule has 2 aliphatic carbocycles. The van der Waals surface area contributed by atoms with Crippen molar-refractivity contribution in [2.24, 2.45) is 17.8 Å². The molecule has 1 heterocycles. The lowest BCUT2D eigenvalue weighted by molar-refractivity contribution is 0.0810. The third-order valence-electron chi connectivity index (χ3n) is 6.55. The molecule has 6 heteroatoms. The SMILES string of the molecule is COc1ccc(F)c2c1c(CCC1CCC3CC13)nn2COCC[Si](C)(C)C. The number of fused-ring (bicyclic) bond motifs is 2. The second kappa shape index (κ2) is 7.79. The molecule has 0 aliphatic heterocycles. The van der Waals surface area contributed by atoms with Gasteiger partial charge in [-0.15, -0.1) is 0 Å². The molecule has 1 aromatic heterocycles. The lowest BCUT2D eigenvalue weighted by atomic mass is 9.96. The van der Waals surface area contributed by atoms with Gasteiger partial charge in [-0.2, -0.15) is 5.10 Å². The Balaban J connectivity index is 1.54. The molecule has 0 spiro atoms. The van der Waals surface area contributed by atoms with Crippen LogP contribution in [0.1, 0.15) is 31.4 Å². The van der Waals surface area contributed by atoms with E-state index < -0.39 is 8.07 Å². The predicted molar refractivity (Wildman–Crippen MR) is 113 cm³/mol. The van der Waals surface area contributed by atoms with Crippen LogP contribution in [0.15, 0.2) is 12.1 Å². The summed E-state index contributed by atoms with van der Waals surface area (Å²) in [5, 5.41) is 5.60. The van der Waals surface area contributed by atoms with Gasteiger partial charge in [-0.25, -0.2) is 9.07 Å². The first kappa shape index (κ1) is 19.9. The van der Waals surface area contributed by atoms with Gasteiger partial charge in [0.1, 0.15) is 23.8 Å². The monoisotopic (exact) mass is 404 g/mol. The standard InChI is InChI=1S/C22H33FN2O2Si/c1-26-20-10-8-18(23)22-21(20)19(9-7-15-5-6-16-13-17(15)16)24-25(22)14-27-11-12-28(2,3)4/h8,10,15-17H,5-7,9,11-14H2,1-4H3. The molecule has 0 radical (unpaired) electrons. The van der Waals surface area contributed by atoms with Crippen molar-refractivity contribution in [3.8, 4) is 5.75 Å². The van der Waals surface area contributed by atoms with Crippen LogP contribution in [-0.4, -0.2) is 31.6 Å². The molecule has 154 valence electrons. The topological polar surface area (TPSA) is 36.3 Å². The van der Waals surface area contributed by atoms with Gasteiger partial charge < -0.3 is 9.47 Å². The van der Waals surface area contributed by atoms with Crippen molar-refractivity contribution in [1.82, 2.24) is 9.78 Å². The molecular formula is C22H33FN2O2Si. The van der Waals surface area contributed by atoms with Crippen LogP contribution in [0.4, 0.5) is 4.39 Å². The van der Waals surface area contributed by atoms with Crippen LogP contribution in [0.25, 0.3) is 10.9 Å². The molecule has 2 fully saturated rings. The number of rotatable bonds is 9. The summed E-state index contributed by atoms with van der Waals surface area (Å²) in [4.78, 5) is 0. The van der Waals surface area contributed by atoms with Crippen molar-refractivity contribution in [3.05, 3.63) is 23.6 Å². The third kappa shape index (κ3) is 4.13. The first-order chi connectivity index (χ1) is 13.4. The van der Waals surface area contributed by atoms with Crippen molar-refractivity contribution < 1.29 is 13.9 Å². The van der Waals surface area contributed by atoms with Crippen molar-refractivity contribution >= 4 is 19.0 Å². The van der Waals surface area contributed by atoms with Gasteiger partial charge >= 0.3 is 0 Å². The highest BCUT2D eigenvalue weighted by atomic mass is 28.3. The Morgan fingerprint density at radius 1 is 1.25 bits per heavy atom. The molecule has 0 saturated heterocycles. The number of hydrogen-bond donors (Lipinski definition) is 0. The van der Waals surface area contributed by atoms with E-state index in [1.165, 1.54) is 25.3 Å². The van der Waals surface area contributed by atoms with Gasteiger partial charge in [0.15, 0.2) is 0 Å². The molecule has 2 saturated carbocycles. The first-order valence-corrected chi connectivity index (χ1v) is 14.4. The molecule has 2 aliphatic rings. The average Bonchev–Trinajstić information content (AvgIpc) is 3.16. The van der Waals surface area contributed by atoms with E-state index >= 15 is 0 Å². The molecule has 0 amide bonds. The molecule has 0 N–H and O–H groups in total. The van der Waals surface area contributed by atoms with Crippen LogP contribution in [0.5, 0.6) is 5.75 Å². The smallest absolute Gasteiger partial charge is 0.149 e. The normalized spacial score (nSPS) is 24.0. The Kier molecular flexibility index (Phi) is 5.53. The van der Waals surface area contributed by atoms with Gasteiger partial charge in [0.2, 0.25) is 0 Å². The number of benzene rings is 1. The second-order valence-corrected chi connectivity index (χ2v) is 15.4. The lowest BCUT2D eigenvalue weighted by Crippen LogP contribution is -2.22. The van der Waals surface area contributed by atoms with Gasteiger partial charge in [0.05, 0.1) is 18.2 Å². The van der Waals surface area contributed by atoms with Gasteiger partial charge in [-0.3, -0.25) is 0 Å². The maximum absolute atomic E-state index is 14.7. The van der Waals surface area contributed by atoms with E-state index in [-0.39, 0.29) is 5.82 Å². The van der Waals surface area contributed by atoms with Crippen molar-refractivity contribution in [2.75, 3.05) is 13.7 Å². The minimum Gasteiger partial charge on any atom is -0.496 e. The predicted octanol–water partition coefficient (Wildman–Crippen LogP) is 5.48. The summed E-state index contributed by atoms with van der Waals surface area (Å²) in [6.07, 6.45) is 6.19. The lowest BCUT2D eigenvalue weighted by Gasteiger charge is -2.15. The van der Waals surface area contributed by atoms with Crippen LogP contribution in [0.3, 0.4) is 0 Å². The van der Waals surface area contributed by atoms with E-state index in [4.69, 9.17) is 14.6 Å². The summed E-state index contributed by atoms with van der Waals surface area (Å²) in [6.45, 7) is 7.98. The van der Waals surface area contributed by atoms with E-state index in [0.717, 1.165) is 47.7 Å². The number of methoxy groups -OCH3 is 1. The molecule has 3 atom stereocenters. The highest BCUT2D eigenvalue weighted by Gasteiger charge is 2.47. The molecule has 28 heavy (non-hydrogen) atoms. The average molecular weight is 405 g/mol. The minimum absolute atomic E-state index is 0.258. The number of aryl methyl sites for hydroxylation is 1. The largest absolute Gasteiger partial charge is 0.496 e. The van der Waals surface area contributed by atoms with Gasteiger partial charge in [0, 0.05) is 14.7 Å². The number of nitrogens with zero attached hydrogens (tertiary/aromatic N) is 2. The minimum atomic E-state index is -1.15. The number of ether oxygens (including phenoxy) is 2. The zero-order valence-corrected chi connectivity index (χ0v) is 18.6. The Hall–Kier alpha value is -1.40. The Morgan fingerprint density at radius 3 is 2.71 bits per heavy atom. The van der Waals surface area contributed by atoms with Gasteiger partial charge in [-0.1, -0.05) is 19.6 Å². The van der Waals surface area contributed by atoms with Crippen LogP contribution >= 0.6 is 0 Å². The van der Waals surface area contributed by atoms with Crippen molar-refractivity contribution in [1.29, 1.82) is 0 Å². The summed E-state index contributed by atoms with van der Waals surface area (Å²) in [5.74, 6) is 3.20. The molecule has 0 bridgehead atoms. The van der Waals surface area contributed by atoms with E-state index in [2.05, 4.69) is 19.6 Å². The highest BCUT2D eigenvalue weighted by Crippen LogP contribution is 2.56. The van der Waals surface area contributed by atoms with E-state index in [0.29, 0.717) is 24.6 Å². The third-order valence-corrected chi connectivity index (χ3v) is 8.26.